The van der Waals surface area contributed by atoms with Gasteiger partial charge < -0.3 is 14.6 Å². The van der Waals surface area contributed by atoms with Crippen LogP contribution < -0.4 is 0 Å². The van der Waals surface area contributed by atoms with E-state index in [2.05, 4.69) is 0 Å². The summed E-state index contributed by atoms with van der Waals surface area (Å²) in [5, 5.41) is 9.46. The predicted molar refractivity (Wildman–Crippen MR) is 113 cm³/mol. The van der Waals surface area contributed by atoms with Gasteiger partial charge in [-0.2, -0.15) is 0 Å². The molecule has 2 saturated heterocycles. The maximum atomic E-state index is 12.8. The summed E-state index contributed by atoms with van der Waals surface area (Å²) >= 11 is 0.799. The Morgan fingerprint density at radius 1 is 1.07 bits per heavy atom. The number of carbonyl (C=O) groups is 4. The Morgan fingerprint density at radius 3 is 2.53 bits per heavy atom. The van der Waals surface area contributed by atoms with Gasteiger partial charge >= 0.3 is 5.97 Å². The Bertz CT molecular complexity index is 1070. The normalized spacial score (nSPS) is 18.6. The summed E-state index contributed by atoms with van der Waals surface area (Å²) in [6.45, 7) is 0.866. The van der Waals surface area contributed by atoms with Crippen LogP contribution in [0.1, 0.15) is 24.8 Å². The largest absolute Gasteiger partial charge is 0.480 e. The van der Waals surface area contributed by atoms with E-state index in [1.807, 2.05) is 18.2 Å². The zero-order chi connectivity index (χ0) is 21.3. The van der Waals surface area contributed by atoms with Crippen molar-refractivity contribution in [3.8, 4) is 0 Å². The lowest BCUT2D eigenvalue weighted by atomic mass is 10.1. The van der Waals surface area contributed by atoms with Gasteiger partial charge in [-0.15, -0.1) is 0 Å². The van der Waals surface area contributed by atoms with E-state index in [-0.39, 0.29) is 23.9 Å². The van der Waals surface area contributed by atoms with E-state index in [1.165, 1.54) is 0 Å². The fourth-order valence-corrected chi connectivity index (χ4v) is 4.65. The highest BCUT2D eigenvalue weighted by Crippen LogP contribution is 2.34. The first-order valence-corrected chi connectivity index (χ1v) is 10.6. The van der Waals surface area contributed by atoms with Gasteiger partial charge in [0.1, 0.15) is 13.1 Å². The van der Waals surface area contributed by atoms with Crippen molar-refractivity contribution in [2.45, 2.75) is 25.8 Å². The van der Waals surface area contributed by atoms with Crippen LogP contribution in [0.3, 0.4) is 0 Å². The number of aliphatic carboxylic acids is 1. The lowest BCUT2D eigenvalue weighted by Gasteiger charge is -2.27. The van der Waals surface area contributed by atoms with Crippen LogP contribution in [0.4, 0.5) is 4.79 Å². The van der Waals surface area contributed by atoms with E-state index >= 15 is 0 Å². The van der Waals surface area contributed by atoms with Crippen LogP contribution in [0, 0.1) is 0 Å². The molecule has 3 amide bonds. The molecule has 0 bridgehead atoms. The number of rotatable bonds is 5. The van der Waals surface area contributed by atoms with Gasteiger partial charge in [-0.25, -0.2) is 0 Å². The number of imide groups is 1. The molecule has 2 aliphatic heterocycles. The van der Waals surface area contributed by atoms with Crippen molar-refractivity contribution in [3.05, 3.63) is 40.9 Å². The number of likely N-dealkylation sites (tertiary alicyclic amines) is 1. The zero-order valence-corrected chi connectivity index (χ0v) is 17.1. The monoisotopic (exact) mass is 427 g/mol. The Labute approximate surface area is 177 Å². The van der Waals surface area contributed by atoms with Gasteiger partial charge in [0.25, 0.3) is 11.1 Å². The van der Waals surface area contributed by atoms with Crippen LogP contribution in [0.2, 0.25) is 0 Å². The van der Waals surface area contributed by atoms with Gasteiger partial charge in [0.2, 0.25) is 5.91 Å². The second kappa shape index (κ2) is 8.35. The second-order valence-corrected chi connectivity index (χ2v) is 8.33. The fourth-order valence-electron chi connectivity index (χ4n) is 3.82. The summed E-state index contributed by atoms with van der Waals surface area (Å²) in [6, 6.07) is 7.28. The van der Waals surface area contributed by atoms with Gasteiger partial charge in [-0.3, -0.25) is 24.1 Å². The molecule has 2 fully saturated rings. The molecule has 2 aliphatic rings. The summed E-state index contributed by atoms with van der Waals surface area (Å²) < 4.78 is 1.59. The molecule has 30 heavy (non-hydrogen) atoms. The zero-order valence-electron chi connectivity index (χ0n) is 16.2. The van der Waals surface area contributed by atoms with Crippen molar-refractivity contribution < 1.29 is 24.3 Å². The number of benzene rings is 1. The third-order valence-corrected chi connectivity index (χ3v) is 6.19. The minimum atomic E-state index is -0.973. The SMILES string of the molecule is O=C(O)Cn1cc(C=C2SC(=O)N(CC(=O)N3CCCCC3)C2=O)c2ccccc21. The van der Waals surface area contributed by atoms with Crippen molar-refractivity contribution in [1.29, 1.82) is 0 Å². The number of fused-ring (bicyclic) bond motifs is 1. The van der Waals surface area contributed by atoms with E-state index in [9.17, 15) is 19.2 Å². The van der Waals surface area contributed by atoms with Crippen molar-refractivity contribution in [1.82, 2.24) is 14.4 Å². The molecule has 1 aromatic carbocycles. The molecule has 0 radical (unpaired) electrons. The van der Waals surface area contributed by atoms with Gasteiger partial charge in [0, 0.05) is 35.8 Å². The number of hydrogen-bond donors (Lipinski definition) is 1. The van der Waals surface area contributed by atoms with Crippen LogP contribution in [0.25, 0.3) is 17.0 Å². The lowest BCUT2D eigenvalue weighted by Crippen LogP contribution is -2.44. The summed E-state index contributed by atoms with van der Waals surface area (Å²) in [5.74, 6) is -1.68. The molecular weight excluding hydrogens is 406 g/mol. The number of hydrogen-bond acceptors (Lipinski definition) is 5. The maximum Gasteiger partial charge on any atom is 0.323 e. The first-order valence-electron chi connectivity index (χ1n) is 9.77. The molecule has 8 nitrogen and oxygen atoms in total. The molecule has 3 heterocycles. The number of carboxylic acid groups (broad SMARTS) is 1. The molecule has 9 heteroatoms. The molecule has 0 spiro atoms. The third-order valence-electron chi connectivity index (χ3n) is 5.29. The van der Waals surface area contributed by atoms with Crippen LogP contribution in [0.5, 0.6) is 0 Å². The fraction of sp³-hybridized carbons (Fsp3) is 0.333. The number of amides is 3. The average Bonchev–Trinajstić information content (AvgIpc) is 3.20. The van der Waals surface area contributed by atoms with Gasteiger partial charge in [0.15, 0.2) is 0 Å². The minimum absolute atomic E-state index is 0.208. The van der Waals surface area contributed by atoms with E-state index < -0.39 is 17.1 Å². The second-order valence-electron chi connectivity index (χ2n) is 7.33. The summed E-state index contributed by atoms with van der Waals surface area (Å²) in [4.78, 5) is 51.8. The van der Waals surface area contributed by atoms with Crippen LogP contribution >= 0.6 is 11.8 Å². The van der Waals surface area contributed by atoms with E-state index in [1.54, 1.807) is 27.8 Å². The molecule has 0 atom stereocenters. The van der Waals surface area contributed by atoms with E-state index in [4.69, 9.17) is 5.11 Å². The highest BCUT2D eigenvalue weighted by molar-refractivity contribution is 8.18. The third kappa shape index (κ3) is 3.97. The molecule has 156 valence electrons. The number of para-hydroxylation sites is 1. The summed E-state index contributed by atoms with van der Waals surface area (Å²) in [5.41, 5.74) is 1.38. The standard InChI is InChI=1S/C21H21N3O5S/c25-18(22-8-4-1-5-9-22)12-24-20(28)17(30-21(24)29)10-14-11-23(13-19(26)27)16-7-3-2-6-15(14)16/h2-3,6-7,10-11H,1,4-5,8-9,12-13H2,(H,26,27). The van der Waals surface area contributed by atoms with Gasteiger partial charge in [-0.05, 0) is 43.2 Å². The number of thioether (sulfide) groups is 1. The van der Waals surface area contributed by atoms with Crippen LogP contribution in [-0.4, -0.2) is 62.1 Å². The van der Waals surface area contributed by atoms with Crippen molar-refractivity contribution >= 4 is 51.8 Å². The number of piperidine rings is 1. The Morgan fingerprint density at radius 2 is 1.80 bits per heavy atom. The number of nitrogens with zero attached hydrogens (tertiary/aromatic N) is 3. The predicted octanol–water partition coefficient (Wildman–Crippen LogP) is 2.77. The van der Waals surface area contributed by atoms with Crippen molar-refractivity contribution in [3.63, 3.8) is 0 Å². The van der Waals surface area contributed by atoms with E-state index in [0.717, 1.165) is 46.8 Å². The Kier molecular flexibility index (Phi) is 5.63. The highest BCUT2D eigenvalue weighted by Gasteiger charge is 2.37. The van der Waals surface area contributed by atoms with E-state index in [0.29, 0.717) is 18.7 Å². The highest BCUT2D eigenvalue weighted by atomic mass is 32.2. The van der Waals surface area contributed by atoms with Crippen LogP contribution in [-0.2, 0) is 20.9 Å². The number of aromatic nitrogens is 1. The molecule has 4 rings (SSSR count). The van der Waals surface area contributed by atoms with Crippen molar-refractivity contribution in [2.75, 3.05) is 19.6 Å². The quantitative estimate of drug-likeness (QED) is 0.737. The smallest absolute Gasteiger partial charge is 0.323 e. The molecule has 0 saturated carbocycles. The van der Waals surface area contributed by atoms with Crippen molar-refractivity contribution in [2.24, 2.45) is 0 Å². The number of carbonyl (C=O) groups excluding carboxylic acids is 3. The summed E-state index contributed by atoms with van der Waals surface area (Å²) in [6.07, 6.45) is 6.22. The number of carboxylic acids is 1. The average molecular weight is 427 g/mol. The molecular formula is C21H21N3O5S. The van der Waals surface area contributed by atoms with Crippen LogP contribution in [0.15, 0.2) is 35.4 Å². The summed E-state index contributed by atoms with van der Waals surface area (Å²) in [7, 11) is 0. The molecule has 2 aromatic rings. The molecule has 1 aromatic heterocycles. The Balaban J connectivity index is 1.58. The first kappa shape index (κ1) is 20.2. The minimum Gasteiger partial charge on any atom is -0.480 e. The molecule has 0 aliphatic carbocycles. The first-order chi connectivity index (χ1) is 14.4. The Hall–Kier alpha value is -3.07. The van der Waals surface area contributed by atoms with Gasteiger partial charge in [0.05, 0.1) is 4.91 Å². The van der Waals surface area contributed by atoms with Gasteiger partial charge in [-0.1, -0.05) is 18.2 Å². The lowest BCUT2D eigenvalue weighted by molar-refractivity contribution is -0.137. The maximum absolute atomic E-state index is 12.8. The molecule has 1 N–H and O–H groups in total. The molecule has 0 unspecified atom stereocenters. The topological polar surface area (TPSA) is 99.9 Å².